The monoisotopic (exact) mass is 458 g/mol. The van der Waals surface area contributed by atoms with Crippen molar-refractivity contribution in [2.45, 2.75) is 24.7 Å². The number of amides is 1. The van der Waals surface area contributed by atoms with Crippen molar-refractivity contribution in [2.75, 3.05) is 19.6 Å². The third kappa shape index (κ3) is 4.68. The van der Waals surface area contributed by atoms with E-state index in [2.05, 4.69) is 4.90 Å². The summed E-state index contributed by atoms with van der Waals surface area (Å²) in [6, 6.07) is 24.8. The molecule has 0 saturated carbocycles. The molecule has 0 aromatic heterocycles. The van der Waals surface area contributed by atoms with E-state index < -0.39 is 11.4 Å². The third-order valence-electron chi connectivity index (χ3n) is 6.93. The van der Waals surface area contributed by atoms with E-state index in [-0.39, 0.29) is 24.0 Å². The minimum Gasteiger partial charge on any atom is -0.508 e. The van der Waals surface area contributed by atoms with Crippen LogP contribution in [-0.2, 0) is 27.8 Å². The molecule has 0 unspecified atom stereocenters. The van der Waals surface area contributed by atoms with Crippen LogP contribution < -0.4 is 5.73 Å². The van der Waals surface area contributed by atoms with Crippen molar-refractivity contribution >= 4 is 11.9 Å². The molecule has 0 spiro atoms. The molecule has 1 amide bonds. The van der Waals surface area contributed by atoms with Gasteiger partial charge in [0, 0.05) is 18.7 Å². The quantitative estimate of drug-likeness (QED) is 0.456. The number of likely N-dealkylation sites (tertiary alicyclic amines) is 1. The largest absolute Gasteiger partial charge is 0.508 e. The summed E-state index contributed by atoms with van der Waals surface area (Å²) in [7, 11) is 0. The Labute approximate surface area is 199 Å². The van der Waals surface area contributed by atoms with Gasteiger partial charge < -0.3 is 20.8 Å². The molecule has 4 rings (SSSR count). The molecule has 1 atom stereocenters. The van der Waals surface area contributed by atoms with Gasteiger partial charge in [0.25, 0.3) is 0 Å². The topological polar surface area (TPSA) is 104 Å². The van der Waals surface area contributed by atoms with E-state index in [0.29, 0.717) is 5.56 Å². The van der Waals surface area contributed by atoms with Gasteiger partial charge in [0.1, 0.15) is 11.2 Å². The van der Waals surface area contributed by atoms with E-state index >= 15 is 0 Å². The highest BCUT2D eigenvalue weighted by Gasteiger charge is 2.49. The second kappa shape index (κ2) is 10.1. The van der Waals surface area contributed by atoms with Gasteiger partial charge in [-0.05, 0) is 48.1 Å². The zero-order valence-electron chi connectivity index (χ0n) is 19.1. The summed E-state index contributed by atoms with van der Waals surface area (Å²) in [5, 5.41) is 19.0. The lowest BCUT2D eigenvalue weighted by molar-refractivity contribution is -0.136. The van der Waals surface area contributed by atoms with E-state index in [1.807, 2.05) is 66.7 Å². The molecular formula is C28H30N2O4. The van der Waals surface area contributed by atoms with Crippen molar-refractivity contribution in [2.24, 2.45) is 11.7 Å². The summed E-state index contributed by atoms with van der Waals surface area (Å²) in [4.78, 5) is 26.6. The molecule has 4 N–H and O–H groups in total. The van der Waals surface area contributed by atoms with Crippen LogP contribution in [0.3, 0.4) is 0 Å². The Morgan fingerprint density at radius 3 is 2.15 bits per heavy atom. The molecule has 3 aromatic carbocycles. The summed E-state index contributed by atoms with van der Waals surface area (Å²) >= 11 is 0. The number of carbonyl (C=O) groups excluding carboxylic acids is 1. The molecule has 176 valence electrons. The molecule has 1 aliphatic rings. The molecule has 1 fully saturated rings. The summed E-state index contributed by atoms with van der Waals surface area (Å²) in [6.07, 6.45) is 1.35. The highest BCUT2D eigenvalue weighted by atomic mass is 16.4. The molecule has 0 aliphatic carbocycles. The lowest BCUT2D eigenvalue weighted by Gasteiger charge is -2.37. The van der Waals surface area contributed by atoms with Crippen LogP contribution in [0, 0.1) is 5.92 Å². The van der Waals surface area contributed by atoms with Gasteiger partial charge in [0.15, 0.2) is 0 Å². The van der Waals surface area contributed by atoms with Crippen LogP contribution in [0.4, 0.5) is 0 Å². The number of phenolic OH excluding ortho intramolecular Hbond substituents is 1. The first kappa shape index (κ1) is 23.5. The van der Waals surface area contributed by atoms with Gasteiger partial charge >= 0.3 is 5.97 Å². The lowest BCUT2D eigenvalue weighted by Crippen LogP contribution is -2.49. The number of nitrogens with zero attached hydrogens (tertiary/aromatic N) is 1. The Bertz CT molecular complexity index is 1110. The Morgan fingerprint density at radius 2 is 1.59 bits per heavy atom. The fourth-order valence-corrected chi connectivity index (χ4v) is 5.30. The summed E-state index contributed by atoms with van der Waals surface area (Å²) < 4.78 is 0. The smallest absolute Gasteiger partial charge is 0.307 e. The number of carboxylic acid groups (broad SMARTS) is 1. The second-order valence-electron chi connectivity index (χ2n) is 8.97. The average Bonchev–Trinajstić information content (AvgIpc) is 3.30. The van der Waals surface area contributed by atoms with Crippen LogP contribution in [0.5, 0.6) is 5.75 Å². The van der Waals surface area contributed by atoms with Crippen molar-refractivity contribution in [3.63, 3.8) is 0 Å². The first-order valence-corrected chi connectivity index (χ1v) is 11.6. The molecule has 0 bridgehead atoms. The highest BCUT2D eigenvalue weighted by molar-refractivity contribution is 5.91. The van der Waals surface area contributed by atoms with E-state index in [1.165, 1.54) is 0 Å². The van der Waals surface area contributed by atoms with Crippen LogP contribution in [0.2, 0.25) is 0 Å². The molecule has 6 nitrogen and oxygen atoms in total. The molecule has 3 aromatic rings. The molecule has 1 saturated heterocycles. The van der Waals surface area contributed by atoms with Gasteiger partial charge in [0.2, 0.25) is 5.91 Å². The van der Waals surface area contributed by atoms with E-state index in [4.69, 9.17) is 10.8 Å². The average molecular weight is 459 g/mol. The zero-order valence-corrected chi connectivity index (χ0v) is 19.1. The van der Waals surface area contributed by atoms with Crippen LogP contribution >= 0.6 is 0 Å². The number of rotatable bonds is 9. The molecule has 34 heavy (non-hydrogen) atoms. The Balaban J connectivity index is 1.55. The van der Waals surface area contributed by atoms with Crippen molar-refractivity contribution in [1.29, 1.82) is 0 Å². The van der Waals surface area contributed by atoms with Gasteiger partial charge in [-0.15, -0.1) is 0 Å². The summed E-state index contributed by atoms with van der Waals surface area (Å²) in [5.74, 6) is -1.28. The number of primary amides is 1. The predicted molar refractivity (Wildman–Crippen MR) is 131 cm³/mol. The molecule has 1 aliphatic heterocycles. The first-order chi connectivity index (χ1) is 16.4. The van der Waals surface area contributed by atoms with E-state index in [9.17, 15) is 14.7 Å². The number of benzene rings is 3. The van der Waals surface area contributed by atoms with Crippen LogP contribution in [0.25, 0.3) is 0 Å². The van der Waals surface area contributed by atoms with Crippen molar-refractivity contribution in [1.82, 2.24) is 4.90 Å². The second-order valence-corrected chi connectivity index (χ2v) is 8.97. The minimum absolute atomic E-state index is 0.00403. The summed E-state index contributed by atoms with van der Waals surface area (Å²) in [6.45, 7) is 2.35. The third-order valence-corrected chi connectivity index (χ3v) is 6.93. The fraction of sp³-hybridized carbons (Fsp3) is 0.286. The number of carbonyl (C=O) groups is 2. The van der Waals surface area contributed by atoms with Crippen molar-refractivity contribution in [3.8, 4) is 5.75 Å². The lowest BCUT2D eigenvalue weighted by atomic mass is 9.64. The minimum atomic E-state index is -0.973. The molecule has 1 heterocycles. The molecular weight excluding hydrogens is 428 g/mol. The number of nitrogens with two attached hydrogens (primary N) is 1. The fourth-order valence-electron chi connectivity index (χ4n) is 5.30. The Kier molecular flexibility index (Phi) is 6.98. The van der Waals surface area contributed by atoms with Gasteiger partial charge in [-0.25, -0.2) is 0 Å². The van der Waals surface area contributed by atoms with Crippen LogP contribution in [-0.4, -0.2) is 46.6 Å². The number of carboxylic acids is 1. The summed E-state index contributed by atoms with van der Waals surface area (Å²) in [5.41, 5.74) is 8.48. The SMILES string of the molecule is NC(=O)C(c1ccccc1)(c1ccccc1)[C@@H]1CCN(CCc2ccc(O)c(CC(=O)O)c2)C1. The normalized spacial score (nSPS) is 16.4. The highest BCUT2D eigenvalue weighted by Crippen LogP contribution is 2.43. The van der Waals surface area contributed by atoms with Gasteiger partial charge in [-0.3, -0.25) is 9.59 Å². The Morgan fingerprint density at radius 1 is 0.971 bits per heavy atom. The number of aliphatic carboxylic acids is 1. The van der Waals surface area contributed by atoms with E-state index in [0.717, 1.165) is 49.2 Å². The molecule has 6 heteroatoms. The van der Waals surface area contributed by atoms with Crippen molar-refractivity contribution in [3.05, 3.63) is 101 Å². The van der Waals surface area contributed by atoms with Crippen LogP contribution in [0.1, 0.15) is 28.7 Å². The number of hydrogen-bond donors (Lipinski definition) is 3. The first-order valence-electron chi connectivity index (χ1n) is 11.6. The molecule has 0 radical (unpaired) electrons. The number of hydrogen-bond acceptors (Lipinski definition) is 4. The van der Waals surface area contributed by atoms with Gasteiger partial charge in [-0.2, -0.15) is 0 Å². The number of phenols is 1. The van der Waals surface area contributed by atoms with Crippen LogP contribution in [0.15, 0.2) is 78.9 Å². The Hall–Kier alpha value is -3.64. The van der Waals surface area contributed by atoms with Crippen molar-refractivity contribution < 1.29 is 19.8 Å². The van der Waals surface area contributed by atoms with E-state index in [1.54, 1.807) is 12.1 Å². The van der Waals surface area contributed by atoms with Gasteiger partial charge in [-0.1, -0.05) is 72.8 Å². The standard InChI is InChI=1S/C28H30N2O4/c29-27(34)28(22-7-3-1-4-8-22,23-9-5-2-6-10-23)24-14-16-30(19-24)15-13-20-11-12-25(31)21(17-20)18-26(32)33/h1-12,17,24,31H,13-16,18-19H2,(H2,29,34)(H,32,33)/t24-/m1/s1. The maximum absolute atomic E-state index is 13.2. The number of aromatic hydroxyl groups is 1. The van der Waals surface area contributed by atoms with Gasteiger partial charge in [0.05, 0.1) is 6.42 Å². The maximum Gasteiger partial charge on any atom is 0.307 e. The predicted octanol–water partition coefficient (Wildman–Crippen LogP) is 3.36. The zero-order chi connectivity index (χ0) is 24.1. The maximum atomic E-state index is 13.2.